The number of nitrogens with one attached hydrogen (secondary N) is 2. The molecule has 1 heterocycles. The quantitative estimate of drug-likeness (QED) is 0.784. The lowest BCUT2D eigenvalue weighted by Gasteiger charge is -2.19. The van der Waals surface area contributed by atoms with E-state index in [0.29, 0.717) is 19.1 Å². The zero-order valence-corrected chi connectivity index (χ0v) is 15.9. The van der Waals surface area contributed by atoms with Crippen LogP contribution >= 0.6 is 0 Å². The van der Waals surface area contributed by atoms with Crippen LogP contribution in [0.4, 0.5) is 16.2 Å². The molecule has 1 saturated heterocycles. The molecule has 0 aromatic heterocycles. The van der Waals surface area contributed by atoms with E-state index in [4.69, 9.17) is 9.47 Å². The summed E-state index contributed by atoms with van der Waals surface area (Å²) in [7, 11) is 3.34. The van der Waals surface area contributed by atoms with Gasteiger partial charge in [0.15, 0.2) is 0 Å². The second kappa shape index (κ2) is 9.28. The monoisotopic (exact) mass is 369 g/mol. The highest BCUT2D eigenvalue weighted by Crippen LogP contribution is 2.26. The average molecular weight is 369 g/mol. The van der Waals surface area contributed by atoms with Crippen LogP contribution in [0.3, 0.4) is 0 Å². The normalized spacial score (nSPS) is 16.2. The Hall–Kier alpha value is -2.73. The minimum atomic E-state index is -0.172. The van der Waals surface area contributed by atoms with Crippen LogP contribution in [0.25, 0.3) is 0 Å². The fourth-order valence-corrected chi connectivity index (χ4v) is 3.30. The highest BCUT2D eigenvalue weighted by molar-refractivity contribution is 5.89. The Morgan fingerprint density at radius 1 is 1.19 bits per heavy atom. The Morgan fingerprint density at radius 3 is 2.74 bits per heavy atom. The molecular weight excluding hydrogens is 342 g/mol. The molecule has 0 aliphatic carbocycles. The first-order chi connectivity index (χ1) is 13.2. The Kier molecular flexibility index (Phi) is 6.54. The van der Waals surface area contributed by atoms with Gasteiger partial charge in [-0.25, -0.2) is 4.79 Å². The van der Waals surface area contributed by atoms with Crippen molar-refractivity contribution in [3.63, 3.8) is 0 Å². The average Bonchev–Trinajstić information content (AvgIpc) is 3.17. The van der Waals surface area contributed by atoms with E-state index < -0.39 is 0 Å². The summed E-state index contributed by atoms with van der Waals surface area (Å²) in [5, 5.41) is 5.85. The van der Waals surface area contributed by atoms with Gasteiger partial charge in [-0.3, -0.25) is 0 Å². The lowest BCUT2D eigenvalue weighted by atomic mass is 10.1. The van der Waals surface area contributed by atoms with Crippen molar-refractivity contribution >= 4 is 17.4 Å². The van der Waals surface area contributed by atoms with Crippen molar-refractivity contribution in [1.29, 1.82) is 0 Å². The fourth-order valence-electron chi connectivity index (χ4n) is 3.30. The minimum absolute atomic E-state index is 0.172. The SMILES string of the molecule is COCc1ccc(NC(=O)NC[C@H]2CCN(c3cccc(OC)c3)C2)cc1. The summed E-state index contributed by atoms with van der Waals surface area (Å²) in [6.07, 6.45) is 1.06. The zero-order valence-electron chi connectivity index (χ0n) is 15.9. The molecule has 2 amide bonds. The molecule has 1 atom stereocenters. The Morgan fingerprint density at radius 2 is 2.00 bits per heavy atom. The van der Waals surface area contributed by atoms with Gasteiger partial charge in [0.2, 0.25) is 0 Å². The molecule has 0 radical (unpaired) electrons. The third-order valence-electron chi connectivity index (χ3n) is 4.78. The molecule has 2 aromatic rings. The molecule has 27 heavy (non-hydrogen) atoms. The van der Waals surface area contributed by atoms with Crippen LogP contribution in [-0.4, -0.2) is 39.9 Å². The Bertz CT molecular complexity index is 749. The predicted molar refractivity (Wildman–Crippen MR) is 107 cm³/mol. The molecule has 0 bridgehead atoms. The molecule has 1 aliphatic rings. The Balaban J connectivity index is 1.44. The standard InChI is InChI=1S/C21H27N3O3/c1-26-15-16-6-8-18(9-7-16)23-21(25)22-13-17-10-11-24(14-17)19-4-3-5-20(12-19)27-2/h3-9,12,17H,10-11,13-15H2,1-2H3,(H2,22,23,25)/t17-/m1/s1. The number of urea groups is 1. The second-order valence-electron chi connectivity index (χ2n) is 6.77. The zero-order chi connectivity index (χ0) is 19.1. The summed E-state index contributed by atoms with van der Waals surface area (Å²) in [5.74, 6) is 1.30. The fraction of sp³-hybridized carbons (Fsp3) is 0.381. The number of carbonyl (C=O) groups is 1. The summed E-state index contributed by atoms with van der Waals surface area (Å²) in [6, 6.07) is 15.6. The highest BCUT2D eigenvalue weighted by Gasteiger charge is 2.23. The molecule has 0 saturated carbocycles. The van der Waals surface area contributed by atoms with Crippen molar-refractivity contribution < 1.29 is 14.3 Å². The first-order valence-corrected chi connectivity index (χ1v) is 9.19. The van der Waals surface area contributed by atoms with Crippen molar-refractivity contribution in [2.24, 2.45) is 5.92 Å². The van der Waals surface area contributed by atoms with Crippen LogP contribution in [0.1, 0.15) is 12.0 Å². The number of ether oxygens (including phenoxy) is 2. The molecule has 0 unspecified atom stereocenters. The van der Waals surface area contributed by atoms with E-state index in [1.54, 1.807) is 14.2 Å². The first kappa shape index (κ1) is 19.0. The van der Waals surface area contributed by atoms with E-state index in [1.807, 2.05) is 36.4 Å². The highest BCUT2D eigenvalue weighted by atomic mass is 16.5. The number of hydrogen-bond acceptors (Lipinski definition) is 4. The number of benzene rings is 2. The van der Waals surface area contributed by atoms with Gasteiger partial charge in [-0.1, -0.05) is 18.2 Å². The summed E-state index contributed by atoms with van der Waals surface area (Å²) in [6.45, 7) is 3.15. The van der Waals surface area contributed by atoms with Gasteiger partial charge in [0, 0.05) is 44.2 Å². The van der Waals surface area contributed by atoms with E-state index in [-0.39, 0.29) is 6.03 Å². The second-order valence-corrected chi connectivity index (χ2v) is 6.77. The van der Waals surface area contributed by atoms with Crippen LogP contribution < -0.4 is 20.3 Å². The van der Waals surface area contributed by atoms with Crippen molar-refractivity contribution in [1.82, 2.24) is 5.32 Å². The summed E-state index contributed by atoms with van der Waals surface area (Å²) < 4.78 is 10.4. The molecule has 3 rings (SSSR count). The van der Waals surface area contributed by atoms with Crippen LogP contribution in [0.2, 0.25) is 0 Å². The number of anilines is 2. The summed E-state index contributed by atoms with van der Waals surface area (Å²) in [4.78, 5) is 14.5. The van der Waals surface area contributed by atoms with E-state index in [1.165, 1.54) is 0 Å². The third-order valence-corrected chi connectivity index (χ3v) is 4.78. The molecule has 1 aliphatic heterocycles. The van der Waals surface area contributed by atoms with Crippen molar-refractivity contribution in [3.05, 3.63) is 54.1 Å². The summed E-state index contributed by atoms with van der Waals surface area (Å²) >= 11 is 0. The van der Waals surface area contributed by atoms with Crippen LogP contribution in [0.15, 0.2) is 48.5 Å². The maximum atomic E-state index is 12.1. The van der Waals surface area contributed by atoms with Crippen LogP contribution in [-0.2, 0) is 11.3 Å². The Labute approximate surface area is 160 Å². The first-order valence-electron chi connectivity index (χ1n) is 9.19. The minimum Gasteiger partial charge on any atom is -0.497 e. The van der Waals surface area contributed by atoms with Gasteiger partial charge < -0.3 is 25.0 Å². The molecule has 144 valence electrons. The summed E-state index contributed by atoms with van der Waals surface area (Å²) in [5.41, 5.74) is 3.02. The lowest BCUT2D eigenvalue weighted by molar-refractivity contribution is 0.185. The lowest BCUT2D eigenvalue weighted by Crippen LogP contribution is -2.34. The van der Waals surface area contributed by atoms with Crippen LogP contribution in [0, 0.1) is 5.92 Å². The van der Waals surface area contributed by atoms with E-state index >= 15 is 0 Å². The van der Waals surface area contributed by atoms with Gasteiger partial charge in [-0.05, 0) is 42.2 Å². The molecular formula is C21H27N3O3. The maximum absolute atomic E-state index is 12.1. The largest absolute Gasteiger partial charge is 0.497 e. The van der Waals surface area contributed by atoms with E-state index in [2.05, 4.69) is 27.7 Å². The van der Waals surface area contributed by atoms with Gasteiger partial charge >= 0.3 is 6.03 Å². The number of methoxy groups -OCH3 is 2. The third kappa shape index (κ3) is 5.37. The predicted octanol–water partition coefficient (Wildman–Crippen LogP) is 3.49. The van der Waals surface area contributed by atoms with Crippen molar-refractivity contribution in [3.8, 4) is 5.75 Å². The molecule has 0 spiro atoms. The van der Waals surface area contributed by atoms with E-state index in [0.717, 1.165) is 42.2 Å². The number of nitrogens with zero attached hydrogens (tertiary/aromatic N) is 1. The van der Waals surface area contributed by atoms with Gasteiger partial charge in [0.25, 0.3) is 0 Å². The molecule has 6 nitrogen and oxygen atoms in total. The number of amides is 2. The topological polar surface area (TPSA) is 62.8 Å². The van der Waals surface area contributed by atoms with Crippen molar-refractivity contribution in [2.75, 3.05) is 44.1 Å². The molecule has 1 fully saturated rings. The molecule has 2 aromatic carbocycles. The van der Waals surface area contributed by atoms with Crippen LogP contribution in [0.5, 0.6) is 5.75 Å². The van der Waals surface area contributed by atoms with Gasteiger partial charge in [-0.2, -0.15) is 0 Å². The number of hydrogen-bond donors (Lipinski definition) is 2. The number of rotatable bonds is 7. The smallest absolute Gasteiger partial charge is 0.319 e. The molecule has 6 heteroatoms. The van der Waals surface area contributed by atoms with Gasteiger partial charge in [0.1, 0.15) is 5.75 Å². The molecule has 2 N–H and O–H groups in total. The van der Waals surface area contributed by atoms with Crippen molar-refractivity contribution in [2.45, 2.75) is 13.0 Å². The van der Waals surface area contributed by atoms with E-state index in [9.17, 15) is 4.79 Å². The van der Waals surface area contributed by atoms with Gasteiger partial charge in [0.05, 0.1) is 13.7 Å². The number of carbonyl (C=O) groups excluding carboxylic acids is 1. The maximum Gasteiger partial charge on any atom is 0.319 e. The van der Waals surface area contributed by atoms with Gasteiger partial charge in [-0.15, -0.1) is 0 Å².